The maximum atomic E-state index is 13.7. The predicted octanol–water partition coefficient (Wildman–Crippen LogP) is 4.96. The van der Waals surface area contributed by atoms with Gasteiger partial charge in [-0.3, -0.25) is 4.79 Å². The Morgan fingerprint density at radius 2 is 1.94 bits per heavy atom. The predicted molar refractivity (Wildman–Crippen MR) is 140 cm³/mol. The van der Waals surface area contributed by atoms with Crippen LogP contribution in [0.1, 0.15) is 75.0 Å². The third-order valence-corrected chi connectivity index (χ3v) is 7.67. The van der Waals surface area contributed by atoms with Crippen LogP contribution < -0.4 is 15.2 Å². The van der Waals surface area contributed by atoms with E-state index in [-0.39, 0.29) is 17.6 Å². The molecule has 8 heteroatoms. The molecule has 0 spiro atoms. The molecule has 4 aromatic rings. The number of tetrazole rings is 1. The molecule has 0 bridgehead atoms. The van der Waals surface area contributed by atoms with E-state index in [0.717, 1.165) is 47.4 Å². The molecule has 0 saturated heterocycles. The van der Waals surface area contributed by atoms with Gasteiger partial charge in [-0.2, -0.15) is 0 Å². The van der Waals surface area contributed by atoms with E-state index in [1.54, 1.807) is 0 Å². The van der Waals surface area contributed by atoms with Gasteiger partial charge >= 0.3 is 0 Å². The van der Waals surface area contributed by atoms with Crippen LogP contribution in [0, 0.1) is 0 Å². The first-order valence-corrected chi connectivity index (χ1v) is 13.1. The molecule has 1 saturated carbocycles. The highest BCUT2D eigenvalue weighted by atomic mass is 16.5. The number of benzene rings is 2. The quantitative estimate of drug-likeness (QED) is 0.416. The summed E-state index contributed by atoms with van der Waals surface area (Å²) in [5.74, 6) is 1.52. The average Bonchev–Trinajstić information content (AvgIpc) is 3.50. The molecule has 0 unspecified atom stereocenters. The lowest BCUT2D eigenvalue weighted by Gasteiger charge is -2.34. The average molecular weight is 485 g/mol. The van der Waals surface area contributed by atoms with Crippen molar-refractivity contribution in [2.24, 2.45) is 0 Å². The molecule has 2 aliphatic rings. The van der Waals surface area contributed by atoms with E-state index < -0.39 is 6.04 Å². The van der Waals surface area contributed by atoms with Gasteiger partial charge < -0.3 is 14.6 Å². The first kappa shape index (κ1) is 22.8. The van der Waals surface area contributed by atoms with Crippen molar-refractivity contribution < 1.29 is 4.74 Å². The summed E-state index contributed by atoms with van der Waals surface area (Å²) in [6.07, 6.45) is 6.63. The Balaban J connectivity index is 1.55. The van der Waals surface area contributed by atoms with E-state index in [9.17, 15) is 4.79 Å². The van der Waals surface area contributed by atoms with Crippen molar-refractivity contribution in [3.05, 3.63) is 75.8 Å². The number of pyridine rings is 1. The molecule has 8 nitrogen and oxygen atoms in total. The second-order valence-electron chi connectivity index (χ2n) is 10.0. The monoisotopic (exact) mass is 484 g/mol. The topological polar surface area (TPSA) is 88.9 Å². The largest absolute Gasteiger partial charge is 0.494 e. The number of nitrogens with zero attached hydrogens (tertiary/aromatic N) is 5. The number of fused-ring (bicyclic) bond motifs is 2. The molecule has 6 rings (SSSR count). The molecule has 36 heavy (non-hydrogen) atoms. The molecule has 0 radical (unpaired) electrons. The summed E-state index contributed by atoms with van der Waals surface area (Å²) in [5.41, 5.74) is 3.73. The van der Waals surface area contributed by atoms with Crippen molar-refractivity contribution in [3.63, 3.8) is 0 Å². The normalized spacial score (nSPS) is 18.9. The maximum Gasteiger partial charge on any atom is 0.254 e. The van der Waals surface area contributed by atoms with Crippen LogP contribution in [-0.4, -0.2) is 37.8 Å². The van der Waals surface area contributed by atoms with Crippen LogP contribution in [-0.2, 0) is 6.42 Å². The summed E-state index contributed by atoms with van der Waals surface area (Å²) >= 11 is 0. The minimum atomic E-state index is -0.413. The second-order valence-corrected chi connectivity index (χ2v) is 10.0. The van der Waals surface area contributed by atoms with Gasteiger partial charge in [0, 0.05) is 28.2 Å². The maximum absolute atomic E-state index is 13.7. The van der Waals surface area contributed by atoms with Gasteiger partial charge in [-0.25, -0.2) is 4.68 Å². The molecule has 1 fully saturated rings. The fraction of sp³-hybridized carbons (Fsp3) is 0.429. The Morgan fingerprint density at radius 3 is 2.78 bits per heavy atom. The number of aromatic amines is 1. The third kappa shape index (κ3) is 3.94. The molecule has 2 atom stereocenters. The number of anilines is 1. The van der Waals surface area contributed by atoms with Crippen molar-refractivity contribution in [3.8, 4) is 5.75 Å². The van der Waals surface area contributed by atoms with E-state index in [4.69, 9.17) is 4.74 Å². The van der Waals surface area contributed by atoms with Crippen LogP contribution in [0.15, 0.2) is 53.3 Å². The first-order chi connectivity index (χ1) is 17.6. The number of H-pyrrole nitrogens is 1. The fourth-order valence-electron chi connectivity index (χ4n) is 6.02. The Bertz CT molecular complexity index is 1440. The minimum Gasteiger partial charge on any atom is -0.494 e. The number of hydrogen-bond acceptors (Lipinski definition) is 6. The molecule has 0 amide bonds. The number of para-hydroxylation sites is 1. The summed E-state index contributed by atoms with van der Waals surface area (Å²) in [7, 11) is 0. The van der Waals surface area contributed by atoms with Gasteiger partial charge in [-0.1, -0.05) is 37.5 Å². The molecular formula is C28H32N6O2. The van der Waals surface area contributed by atoms with Gasteiger partial charge in [0.25, 0.3) is 5.56 Å². The molecule has 2 aromatic heterocycles. The van der Waals surface area contributed by atoms with Crippen LogP contribution in [0.4, 0.5) is 5.69 Å². The van der Waals surface area contributed by atoms with E-state index >= 15 is 0 Å². The second kappa shape index (κ2) is 9.41. The first-order valence-electron chi connectivity index (χ1n) is 13.1. The van der Waals surface area contributed by atoms with Crippen molar-refractivity contribution in [1.82, 2.24) is 25.2 Å². The lowest BCUT2D eigenvalue weighted by molar-refractivity contribution is 0.312. The summed E-state index contributed by atoms with van der Waals surface area (Å²) in [4.78, 5) is 19.1. The highest BCUT2D eigenvalue weighted by Gasteiger charge is 2.38. The molecule has 1 N–H and O–H groups in total. The van der Waals surface area contributed by atoms with Crippen LogP contribution in [0.3, 0.4) is 0 Å². The van der Waals surface area contributed by atoms with Crippen LogP contribution in [0.5, 0.6) is 5.75 Å². The molecule has 1 aliphatic carbocycles. The van der Waals surface area contributed by atoms with Gasteiger partial charge in [0.05, 0.1) is 12.6 Å². The Morgan fingerprint density at radius 1 is 1.11 bits per heavy atom. The highest BCUT2D eigenvalue weighted by Crippen LogP contribution is 2.42. The lowest BCUT2D eigenvalue weighted by Crippen LogP contribution is -2.39. The molecule has 186 valence electrons. The zero-order valence-corrected chi connectivity index (χ0v) is 20.9. The smallest absolute Gasteiger partial charge is 0.254 e. The van der Waals surface area contributed by atoms with Gasteiger partial charge in [0.2, 0.25) is 0 Å². The SMILES string of the molecule is CCOc1ccc2[nH]c(=O)c([C@@H](c3nnnn3C3CCCCC3)N3c4ccccc4C[C@@H]3C)cc2c1. The van der Waals surface area contributed by atoms with E-state index in [1.165, 1.54) is 24.8 Å². The van der Waals surface area contributed by atoms with Crippen molar-refractivity contribution >= 4 is 16.6 Å². The Labute approximate surface area is 210 Å². The number of aromatic nitrogens is 5. The number of hydrogen-bond donors (Lipinski definition) is 1. The van der Waals surface area contributed by atoms with Crippen molar-refractivity contribution in [2.75, 3.05) is 11.5 Å². The van der Waals surface area contributed by atoms with E-state index in [0.29, 0.717) is 12.2 Å². The summed E-state index contributed by atoms with van der Waals surface area (Å²) in [5, 5.41) is 14.1. The summed E-state index contributed by atoms with van der Waals surface area (Å²) in [6, 6.07) is 16.3. The Hall–Kier alpha value is -3.68. The van der Waals surface area contributed by atoms with Crippen molar-refractivity contribution in [2.45, 2.75) is 70.5 Å². The zero-order chi connectivity index (χ0) is 24.6. The standard InChI is InChI=1S/C28H32N6O2/c1-3-36-22-13-14-24-20(16-22)17-23(28(35)29-24)26(33-18(2)15-19-9-7-8-12-25(19)33)27-30-31-32-34(27)21-10-5-4-6-11-21/h7-9,12-14,16-18,21,26H,3-6,10-11,15H2,1-2H3,(H,29,35)/t18-,26-/m0/s1. The summed E-state index contributed by atoms with van der Waals surface area (Å²) in [6.45, 7) is 4.77. The minimum absolute atomic E-state index is 0.119. The van der Waals surface area contributed by atoms with E-state index in [2.05, 4.69) is 56.6 Å². The number of ether oxygens (including phenoxy) is 1. The zero-order valence-electron chi connectivity index (χ0n) is 20.9. The lowest BCUT2D eigenvalue weighted by atomic mass is 9.95. The number of nitrogens with one attached hydrogen (secondary N) is 1. The van der Waals surface area contributed by atoms with Gasteiger partial charge in [0.1, 0.15) is 11.8 Å². The van der Waals surface area contributed by atoms with Gasteiger partial charge in [-0.05, 0) is 79.4 Å². The Kier molecular flexibility index (Phi) is 5.95. The van der Waals surface area contributed by atoms with Crippen LogP contribution >= 0.6 is 0 Å². The fourth-order valence-corrected chi connectivity index (χ4v) is 6.02. The molecule has 1 aliphatic heterocycles. The molecular weight excluding hydrogens is 452 g/mol. The van der Waals surface area contributed by atoms with Crippen LogP contribution in [0.25, 0.3) is 10.9 Å². The highest BCUT2D eigenvalue weighted by molar-refractivity contribution is 5.81. The number of rotatable bonds is 6. The van der Waals surface area contributed by atoms with Gasteiger partial charge in [-0.15, -0.1) is 5.10 Å². The molecule has 2 aromatic carbocycles. The van der Waals surface area contributed by atoms with Crippen molar-refractivity contribution in [1.29, 1.82) is 0 Å². The summed E-state index contributed by atoms with van der Waals surface area (Å²) < 4.78 is 7.74. The third-order valence-electron chi connectivity index (χ3n) is 7.67. The van der Waals surface area contributed by atoms with Gasteiger partial charge in [0.15, 0.2) is 5.82 Å². The van der Waals surface area contributed by atoms with Crippen LogP contribution in [0.2, 0.25) is 0 Å². The molecule has 3 heterocycles. The van der Waals surface area contributed by atoms with E-state index in [1.807, 2.05) is 35.9 Å².